The molecular formula is C17H22N2O3S. The zero-order valence-corrected chi connectivity index (χ0v) is 13.9. The Labute approximate surface area is 140 Å². The maximum absolute atomic E-state index is 12.7. The minimum Gasteiger partial charge on any atom is -0.375 e. The van der Waals surface area contributed by atoms with Gasteiger partial charge < -0.3 is 15.0 Å². The van der Waals surface area contributed by atoms with Crippen LogP contribution in [0.2, 0.25) is 0 Å². The Kier molecular flexibility index (Phi) is 4.11. The summed E-state index contributed by atoms with van der Waals surface area (Å²) in [5.41, 5.74) is 0.720. The molecule has 0 radical (unpaired) electrons. The SMILES string of the molecule is O=C(NC1CCCC1)[C@@H]1CN(C(=O)c2ccsc2)[C@@H]2CCO[C@H]21. The molecular weight excluding hydrogens is 312 g/mol. The molecule has 0 bridgehead atoms. The van der Waals surface area contributed by atoms with Crippen LogP contribution in [0.3, 0.4) is 0 Å². The number of nitrogens with zero attached hydrogens (tertiary/aromatic N) is 1. The quantitative estimate of drug-likeness (QED) is 0.920. The second-order valence-electron chi connectivity index (χ2n) is 6.76. The highest BCUT2D eigenvalue weighted by Gasteiger charge is 2.50. The van der Waals surface area contributed by atoms with Gasteiger partial charge in [0.15, 0.2) is 0 Å². The Morgan fingerprint density at radius 1 is 1.26 bits per heavy atom. The average Bonchev–Trinajstić information content (AvgIpc) is 3.30. The van der Waals surface area contributed by atoms with Crippen molar-refractivity contribution in [2.24, 2.45) is 5.92 Å². The lowest BCUT2D eigenvalue weighted by molar-refractivity contribution is -0.128. The number of carbonyl (C=O) groups excluding carboxylic acids is 2. The average molecular weight is 334 g/mol. The molecule has 0 aromatic carbocycles. The van der Waals surface area contributed by atoms with Crippen molar-refractivity contribution >= 4 is 23.2 Å². The molecule has 124 valence electrons. The molecule has 6 heteroatoms. The lowest BCUT2D eigenvalue weighted by Gasteiger charge is -2.22. The van der Waals surface area contributed by atoms with E-state index < -0.39 is 0 Å². The number of amides is 2. The van der Waals surface area contributed by atoms with E-state index in [0.29, 0.717) is 19.2 Å². The van der Waals surface area contributed by atoms with E-state index in [-0.39, 0.29) is 29.9 Å². The Hall–Kier alpha value is -1.40. The number of hydrogen-bond acceptors (Lipinski definition) is 4. The zero-order valence-electron chi connectivity index (χ0n) is 13.1. The van der Waals surface area contributed by atoms with Crippen molar-refractivity contribution in [3.8, 4) is 0 Å². The summed E-state index contributed by atoms with van der Waals surface area (Å²) in [5, 5.41) is 6.96. The van der Waals surface area contributed by atoms with E-state index in [0.717, 1.165) is 24.8 Å². The summed E-state index contributed by atoms with van der Waals surface area (Å²) in [6, 6.07) is 2.20. The first-order valence-corrected chi connectivity index (χ1v) is 9.43. The fraction of sp³-hybridized carbons (Fsp3) is 0.647. The van der Waals surface area contributed by atoms with E-state index in [1.165, 1.54) is 24.2 Å². The molecule has 2 amide bonds. The van der Waals surface area contributed by atoms with Crippen molar-refractivity contribution < 1.29 is 14.3 Å². The molecule has 4 rings (SSSR count). The maximum atomic E-state index is 12.7. The minimum atomic E-state index is -0.231. The Morgan fingerprint density at radius 3 is 2.83 bits per heavy atom. The van der Waals surface area contributed by atoms with Gasteiger partial charge in [0.2, 0.25) is 5.91 Å². The first-order valence-electron chi connectivity index (χ1n) is 8.49. The van der Waals surface area contributed by atoms with Gasteiger partial charge in [-0.25, -0.2) is 0 Å². The molecule has 1 N–H and O–H groups in total. The van der Waals surface area contributed by atoms with E-state index in [4.69, 9.17) is 4.74 Å². The van der Waals surface area contributed by atoms with Crippen LogP contribution >= 0.6 is 11.3 Å². The van der Waals surface area contributed by atoms with E-state index in [1.54, 1.807) is 0 Å². The molecule has 0 unspecified atom stereocenters. The topological polar surface area (TPSA) is 58.6 Å². The van der Waals surface area contributed by atoms with Crippen molar-refractivity contribution in [3.05, 3.63) is 22.4 Å². The molecule has 0 spiro atoms. The van der Waals surface area contributed by atoms with Gasteiger partial charge in [-0.05, 0) is 30.7 Å². The molecule has 2 saturated heterocycles. The first kappa shape index (κ1) is 15.1. The van der Waals surface area contributed by atoms with Gasteiger partial charge in [0.25, 0.3) is 5.91 Å². The molecule has 3 fully saturated rings. The molecule has 1 saturated carbocycles. The summed E-state index contributed by atoms with van der Waals surface area (Å²) in [6.07, 6.45) is 5.23. The van der Waals surface area contributed by atoms with Crippen molar-refractivity contribution in [1.82, 2.24) is 10.2 Å². The zero-order chi connectivity index (χ0) is 15.8. The van der Waals surface area contributed by atoms with Gasteiger partial charge >= 0.3 is 0 Å². The Bertz CT molecular complexity index is 583. The molecule has 1 aromatic heterocycles. The number of hydrogen-bond donors (Lipinski definition) is 1. The van der Waals surface area contributed by atoms with E-state index in [1.807, 2.05) is 21.7 Å². The van der Waals surface area contributed by atoms with Crippen LogP contribution in [0.15, 0.2) is 16.8 Å². The molecule has 3 atom stereocenters. The lowest BCUT2D eigenvalue weighted by atomic mass is 10.0. The van der Waals surface area contributed by atoms with Gasteiger partial charge in [-0.2, -0.15) is 11.3 Å². The number of likely N-dealkylation sites (tertiary alicyclic amines) is 1. The van der Waals surface area contributed by atoms with Gasteiger partial charge in [0, 0.05) is 24.6 Å². The molecule has 5 nitrogen and oxygen atoms in total. The number of thiophene rings is 1. The van der Waals surface area contributed by atoms with Crippen LogP contribution in [0.5, 0.6) is 0 Å². The predicted octanol–water partition coefficient (Wildman–Crippen LogP) is 2.04. The van der Waals surface area contributed by atoms with Crippen LogP contribution in [0.4, 0.5) is 0 Å². The lowest BCUT2D eigenvalue weighted by Crippen LogP contribution is -2.42. The first-order chi connectivity index (χ1) is 11.2. The Morgan fingerprint density at radius 2 is 2.09 bits per heavy atom. The van der Waals surface area contributed by atoms with E-state index >= 15 is 0 Å². The van der Waals surface area contributed by atoms with Crippen LogP contribution in [0, 0.1) is 5.92 Å². The smallest absolute Gasteiger partial charge is 0.255 e. The van der Waals surface area contributed by atoms with Crippen LogP contribution in [-0.4, -0.2) is 48.1 Å². The summed E-state index contributed by atoms with van der Waals surface area (Å²) in [4.78, 5) is 27.2. The van der Waals surface area contributed by atoms with Crippen LogP contribution in [-0.2, 0) is 9.53 Å². The monoisotopic (exact) mass is 334 g/mol. The van der Waals surface area contributed by atoms with Crippen molar-refractivity contribution in [2.75, 3.05) is 13.2 Å². The van der Waals surface area contributed by atoms with Gasteiger partial charge in [-0.3, -0.25) is 9.59 Å². The largest absolute Gasteiger partial charge is 0.375 e. The highest BCUT2D eigenvalue weighted by Crippen LogP contribution is 2.35. The van der Waals surface area contributed by atoms with Crippen molar-refractivity contribution in [2.45, 2.75) is 50.3 Å². The minimum absolute atomic E-state index is 0.0305. The second-order valence-corrected chi connectivity index (χ2v) is 7.54. The van der Waals surface area contributed by atoms with Gasteiger partial charge in [0.05, 0.1) is 23.6 Å². The van der Waals surface area contributed by atoms with Gasteiger partial charge in [-0.1, -0.05) is 12.8 Å². The number of rotatable bonds is 3. The number of carbonyl (C=O) groups is 2. The number of fused-ring (bicyclic) bond motifs is 1. The van der Waals surface area contributed by atoms with Crippen molar-refractivity contribution in [3.63, 3.8) is 0 Å². The van der Waals surface area contributed by atoms with Gasteiger partial charge in [-0.15, -0.1) is 0 Å². The van der Waals surface area contributed by atoms with Gasteiger partial charge in [0.1, 0.15) is 0 Å². The summed E-state index contributed by atoms with van der Waals surface area (Å²) >= 11 is 1.52. The molecule has 1 aromatic rings. The molecule has 23 heavy (non-hydrogen) atoms. The maximum Gasteiger partial charge on any atom is 0.255 e. The number of ether oxygens (including phenoxy) is 1. The van der Waals surface area contributed by atoms with Crippen LogP contribution < -0.4 is 5.32 Å². The molecule has 3 heterocycles. The fourth-order valence-electron chi connectivity index (χ4n) is 4.16. The molecule has 3 aliphatic rings. The summed E-state index contributed by atoms with van der Waals surface area (Å²) in [6.45, 7) is 1.11. The molecule has 2 aliphatic heterocycles. The summed E-state index contributed by atoms with van der Waals surface area (Å²) < 4.78 is 5.82. The van der Waals surface area contributed by atoms with E-state index in [2.05, 4.69) is 5.32 Å². The summed E-state index contributed by atoms with van der Waals surface area (Å²) in [7, 11) is 0. The number of nitrogens with one attached hydrogen (secondary N) is 1. The standard InChI is InChI=1S/C17H22N2O3S/c20-16(18-12-3-1-2-4-12)13-9-19(14-5-7-22-15(13)14)17(21)11-6-8-23-10-11/h6,8,10,12-15H,1-5,7,9H2,(H,18,20)/t13-,14-,15+/m1/s1. The fourth-order valence-corrected chi connectivity index (χ4v) is 4.79. The third-order valence-electron chi connectivity index (χ3n) is 5.36. The second kappa shape index (κ2) is 6.24. The normalized spacial score (nSPS) is 30.6. The van der Waals surface area contributed by atoms with E-state index in [9.17, 15) is 9.59 Å². The van der Waals surface area contributed by atoms with Crippen LogP contribution in [0.1, 0.15) is 42.5 Å². The third kappa shape index (κ3) is 2.78. The van der Waals surface area contributed by atoms with Crippen molar-refractivity contribution in [1.29, 1.82) is 0 Å². The van der Waals surface area contributed by atoms with Crippen LogP contribution in [0.25, 0.3) is 0 Å². The third-order valence-corrected chi connectivity index (χ3v) is 6.04. The highest BCUT2D eigenvalue weighted by atomic mass is 32.1. The predicted molar refractivity (Wildman–Crippen MR) is 87.4 cm³/mol. The Balaban J connectivity index is 1.48. The summed E-state index contributed by atoms with van der Waals surface area (Å²) in [5.74, 6) is -0.136. The highest BCUT2D eigenvalue weighted by molar-refractivity contribution is 7.08. The molecule has 1 aliphatic carbocycles.